The minimum atomic E-state index is 0.729. The van der Waals surface area contributed by atoms with Crippen LogP contribution in [0.15, 0.2) is 29.3 Å². The number of para-hydroxylation sites is 2. The average Bonchev–Trinajstić information content (AvgIpc) is 3.17. The Kier molecular flexibility index (Phi) is 6.22. The largest absolute Gasteiger partial charge is 0.357 e. The molecular formula is C19H26N6S. The van der Waals surface area contributed by atoms with E-state index in [0.29, 0.717) is 0 Å². The van der Waals surface area contributed by atoms with Gasteiger partial charge in [-0.15, -0.1) is 11.3 Å². The molecule has 0 saturated heterocycles. The van der Waals surface area contributed by atoms with Crippen LogP contribution in [-0.4, -0.2) is 40.5 Å². The third-order valence-electron chi connectivity index (χ3n) is 4.11. The van der Waals surface area contributed by atoms with Crippen LogP contribution in [0.2, 0.25) is 0 Å². The molecule has 0 spiro atoms. The highest BCUT2D eigenvalue weighted by molar-refractivity contribution is 7.11. The van der Waals surface area contributed by atoms with Gasteiger partial charge in [0.25, 0.3) is 0 Å². The fraction of sp³-hybridized carbons (Fsp3) is 0.421. The highest BCUT2D eigenvalue weighted by Gasteiger charge is 2.05. The molecule has 0 fully saturated rings. The van der Waals surface area contributed by atoms with Gasteiger partial charge in [-0.2, -0.15) is 0 Å². The number of aliphatic imine (C=N–C) groups is 1. The third-order valence-corrected chi connectivity index (χ3v) is 5.24. The Balaban J connectivity index is 1.50. The number of fused-ring (bicyclic) bond motifs is 1. The molecule has 3 aromatic rings. The van der Waals surface area contributed by atoms with Crippen LogP contribution >= 0.6 is 11.3 Å². The summed E-state index contributed by atoms with van der Waals surface area (Å²) in [7, 11) is 0. The van der Waals surface area contributed by atoms with E-state index in [1.165, 1.54) is 4.88 Å². The van der Waals surface area contributed by atoms with E-state index in [4.69, 9.17) is 0 Å². The van der Waals surface area contributed by atoms with Crippen molar-refractivity contribution in [3.63, 3.8) is 0 Å². The first-order valence-electron chi connectivity index (χ1n) is 9.04. The molecule has 26 heavy (non-hydrogen) atoms. The molecule has 0 aliphatic rings. The van der Waals surface area contributed by atoms with Crippen LogP contribution in [0.25, 0.3) is 11.0 Å². The minimum Gasteiger partial charge on any atom is -0.357 e. The monoisotopic (exact) mass is 370 g/mol. The summed E-state index contributed by atoms with van der Waals surface area (Å²) in [4.78, 5) is 18.5. The van der Waals surface area contributed by atoms with E-state index in [1.807, 2.05) is 24.3 Å². The predicted octanol–water partition coefficient (Wildman–Crippen LogP) is 2.98. The first-order chi connectivity index (χ1) is 12.7. The first-order valence-corrected chi connectivity index (χ1v) is 9.86. The zero-order valence-corrected chi connectivity index (χ0v) is 16.4. The normalized spacial score (nSPS) is 11.9. The van der Waals surface area contributed by atoms with Crippen LogP contribution in [0.5, 0.6) is 0 Å². The summed E-state index contributed by atoms with van der Waals surface area (Å²) in [5.41, 5.74) is 3.22. The predicted molar refractivity (Wildman–Crippen MR) is 109 cm³/mol. The molecule has 1 aromatic carbocycles. The number of thiazole rings is 1. The van der Waals surface area contributed by atoms with E-state index >= 15 is 0 Å². The van der Waals surface area contributed by atoms with Gasteiger partial charge in [0.15, 0.2) is 5.96 Å². The molecule has 0 radical (unpaired) electrons. The lowest BCUT2D eigenvalue weighted by molar-refractivity contribution is 0.778. The second kappa shape index (κ2) is 8.80. The third kappa shape index (κ3) is 4.82. The molecule has 2 heterocycles. The van der Waals surface area contributed by atoms with Crippen molar-refractivity contribution in [2.24, 2.45) is 4.99 Å². The maximum atomic E-state index is 4.65. The summed E-state index contributed by atoms with van der Waals surface area (Å²) < 4.78 is 0. The quantitative estimate of drug-likeness (QED) is 0.441. The van der Waals surface area contributed by atoms with E-state index in [0.717, 1.165) is 66.0 Å². The molecule has 0 bridgehead atoms. The van der Waals surface area contributed by atoms with Gasteiger partial charge in [0.05, 0.1) is 21.7 Å². The average molecular weight is 371 g/mol. The van der Waals surface area contributed by atoms with Gasteiger partial charge < -0.3 is 15.6 Å². The topological polar surface area (TPSA) is 78.0 Å². The van der Waals surface area contributed by atoms with Gasteiger partial charge in [0.1, 0.15) is 5.82 Å². The molecule has 7 heteroatoms. The molecule has 6 nitrogen and oxygen atoms in total. The van der Waals surface area contributed by atoms with Crippen molar-refractivity contribution >= 4 is 28.3 Å². The lowest BCUT2D eigenvalue weighted by Gasteiger charge is -2.10. The fourth-order valence-corrected chi connectivity index (χ4v) is 3.60. The summed E-state index contributed by atoms with van der Waals surface area (Å²) in [5, 5.41) is 7.82. The van der Waals surface area contributed by atoms with E-state index in [9.17, 15) is 0 Å². The number of nitrogens with zero attached hydrogens (tertiary/aromatic N) is 3. The summed E-state index contributed by atoms with van der Waals surface area (Å²) in [6.45, 7) is 8.59. The van der Waals surface area contributed by atoms with Crippen LogP contribution in [0.1, 0.15) is 28.3 Å². The highest BCUT2D eigenvalue weighted by atomic mass is 32.1. The minimum absolute atomic E-state index is 0.729. The second-order valence-corrected chi connectivity index (χ2v) is 7.43. The van der Waals surface area contributed by atoms with Crippen LogP contribution in [0, 0.1) is 13.8 Å². The van der Waals surface area contributed by atoms with Crippen molar-refractivity contribution in [3.05, 3.63) is 45.7 Å². The standard InChI is InChI=1S/C19H26N6S/c1-4-20-19(22-12-10-18-23-13(2)14(3)26-18)21-11-9-17-24-15-7-5-6-8-16(15)25-17/h5-8H,4,9-12H2,1-3H3,(H,24,25)(H2,20,21,22). The number of guanidine groups is 1. The Morgan fingerprint density at radius 2 is 2.00 bits per heavy atom. The van der Waals surface area contributed by atoms with E-state index in [1.54, 1.807) is 11.3 Å². The van der Waals surface area contributed by atoms with Gasteiger partial charge in [-0.25, -0.2) is 9.97 Å². The van der Waals surface area contributed by atoms with Gasteiger partial charge in [0.2, 0.25) is 0 Å². The molecule has 0 amide bonds. The first kappa shape index (κ1) is 18.4. The van der Waals surface area contributed by atoms with Crippen molar-refractivity contribution in [1.29, 1.82) is 0 Å². The number of aromatic amines is 1. The van der Waals surface area contributed by atoms with E-state index in [-0.39, 0.29) is 0 Å². The van der Waals surface area contributed by atoms with Crippen molar-refractivity contribution in [2.75, 3.05) is 19.6 Å². The number of aryl methyl sites for hydroxylation is 2. The van der Waals surface area contributed by atoms with Crippen molar-refractivity contribution in [2.45, 2.75) is 33.6 Å². The Hall–Kier alpha value is -2.41. The van der Waals surface area contributed by atoms with Gasteiger partial charge in [0, 0.05) is 37.4 Å². The molecular weight excluding hydrogens is 344 g/mol. The fourth-order valence-electron chi connectivity index (χ4n) is 2.67. The lowest BCUT2D eigenvalue weighted by atomic mass is 10.3. The molecule has 3 rings (SSSR count). The molecule has 0 aliphatic carbocycles. The van der Waals surface area contributed by atoms with Gasteiger partial charge >= 0.3 is 0 Å². The van der Waals surface area contributed by atoms with E-state index in [2.05, 4.69) is 51.3 Å². The number of rotatable bonds is 7. The molecule has 0 saturated carbocycles. The number of hydrogen-bond donors (Lipinski definition) is 3. The summed E-state index contributed by atoms with van der Waals surface area (Å²) in [5.74, 6) is 1.83. The molecule has 138 valence electrons. The zero-order chi connectivity index (χ0) is 18.4. The van der Waals surface area contributed by atoms with Crippen LogP contribution in [-0.2, 0) is 12.8 Å². The number of imidazole rings is 1. The summed E-state index contributed by atoms with van der Waals surface area (Å²) in [6.07, 6.45) is 1.70. The van der Waals surface area contributed by atoms with Crippen molar-refractivity contribution < 1.29 is 0 Å². The van der Waals surface area contributed by atoms with Crippen LogP contribution in [0.3, 0.4) is 0 Å². The Morgan fingerprint density at radius 1 is 1.15 bits per heavy atom. The maximum Gasteiger partial charge on any atom is 0.191 e. The number of hydrogen-bond acceptors (Lipinski definition) is 4. The summed E-state index contributed by atoms with van der Waals surface area (Å²) >= 11 is 1.76. The van der Waals surface area contributed by atoms with Crippen molar-refractivity contribution in [3.8, 4) is 0 Å². The summed E-state index contributed by atoms with van der Waals surface area (Å²) in [6, 6.07) is 8.10. The molecule has 0 aliphatic heterocycles. The SMILES string of the molecule is CCNC(=NCCc1nc(C)c(C)s1)NCCc1nc2ccccc2[nH]1. The lowest BCUT2D eigenvalue weighted by Crippen LogP contribution is -2.38. The Labute approximate surface area is 158 Å². The number of benzene rings is 1. The van der Waals surface area contributed by atoms with Gasteiger partial charge in [-0.05, 0) is 32.9 Å². The maximum absolute atomic E-state index is 4.65. The second-order valence-electron chi connectivity index (χ2n) is 6.14. The number of aromatic nitrogens is 3. The van der Waals surface area contributed by atoms with Crippen molar-refractivity contribution in [1.82, 2.24) is 25.6 Å². The Morgan fingerprint density at radius 3 is 2.73 bits per heavy atom. The van der Waals surface area contributed by atoms with Crippen LogP contribution in [0.4, 0.5) is 0 Å². The molecule has 3 N–H and O–H groups in total. The Bertz CT molecular complexity index is 827. The van der Waals surface area contributed by atoms with Gasteiger partial charge in [-0.3, -0.25) is 4.99 Å². The number of nitrogens with one attached hydrogen (secondary N) is 3. The smallest absolute Gasteiger partial charge is 0.191 e. The van der Waals surface area contributed by atoms with Gasteiger partial charge in [-0.1, -0.05) is 12.1 Å². The van der Waals surface area contributed by atoms with Crippen LogP contribution < -0.4 is 10.6 Å². The molecule has 0 atom stereocenters. The molecule has 0 unspecified atom stereocenters. The number of H-pyrrole nitrogens is 1. The highest BCUT2D eigenvalue weighted by Crippen LogP contribution is 2.16. The van der Waals surface area contributed by atoms with E-state index < -0.39 is 0 Å². The zero-order valence-electron chi connectivity index (χ0n) is 15.6. The molecule has 2 aromatic heterocycles.